The van der Waals surface area contributed by atoms with Gasteiger partial charge in [-0.05, 0) is 32.0 Å². The van der Waals surface area contributed by atoms with Gasteiger partial charge in [0.2, 0.25) is 0 Å². The van der Waals surface area contributed by atoms with E-state index in [1.807, 2.05) is 24.3 Å². The van der Waals surface area contributed by atoms with E-state index in [0.717, 1.165) is 24.2 Å². The molecule has 104 valence electrons. The van der Waals surface area contributed by atoms with Crippen molar-refractivity contribution in [2.45, 2.75) is 25.4 Å². The van der Waals surface area contributed by atoms with Gasteiger partial charge in [0, 0.05) is 24.7 Å². The average Bonchev–Trinajstić information content (AvgIpc) is 2.84. The minimum Gasteiger partial charge on any atom is -0.409 e. The Labute approximate surface area is 114 Å². The molecule has 0 bridgehead atoms. The summed E-state index contributed by atoms with van der Waals surface area (Å²) in [5.74, 6) is 0.162. The first-order chi connectivity index (χ1) is 9.22. The van der Waals surface area contributed by atoms with Gasteiger partial charge in [-0.15, -0.1) is 0 Å². The molecule has 5 heteroatoms. The molecular weight excluding hydrogens is 240 g/mol. The number of hydrogen-bond acceptors (Lipinski definition) is 4. The fourth-order valence-corrected chi connectivity index (χ4v) is 2.59. The first-order valence-corrected chi connectivity index (χ1v) is 6.69. The lowest BCUT2D eigenvalue weighted by molar-refractivity contribution is 0.300. The van der Waals surface area contributed by atoms with Crippen LogP contribution in [0.25, 0.3) is 0 Å². The number of nitrogens with two attached hydrogens (primary N) is 1. The van der Waals surface area contributed by atoms with E-state index >= 15 is 0 Å². The molecule has 0 aliphatic carbocycles. The smallest absolute Gasteiger partial charge is 0.170 e. The van der Waals surface area contributed by atoms with Crippen LogP contribution in [0, 0.1) is 0 Å². The molecule has 0 spiro atoms. The number of nitrogens with zero attached hydrogens (tertiary/aromatic N) is 2. The van der Waals surface area contributed by atoms with Gasteiger partial charge in [-0.3, -0.25) is 0 Å². The molecule has 0 aromatic heterocycles. The first-order valence-electron chi connectivity index (χ1n) is 6.69. The molecule has 1 atom stereocenters. The number of hydrogen-bond donors (Lipinski definition) is 3. The van der Waals surface area contributed by atoms with E-state index in [2.05, 4.69) is 22.4 Å². The fourth-order valence-electron chi connectivity index (χ4n) is 2.59. The van der Waals surface area contributed by atoms with Gasteiger partial charge in [0.05, 0.1) is 0 Å². The molecular formula is C14H22N4O. The molecule has 5 nitrogen and oxygen atoms in total. The highest BCUT2D eigenvalue weighted by Gasteiger charge is 2.20. The van der Waals surface area contributed by atoms with E-state index in [1.165, 1.54) is 19.4 Å². The third-order valence-corrected chi connectivity index (χ3v) is 3.77. The summed E-state index contributed by atoms with van der Waals surface area (Å²) in [7, 11) is 2.17. The van der Waals surface area contributed by atoms with Gasteiger partial charge in [-0.1, -0.05) is 29.4 Å². The van der Waals surface area contributed by atoms with Crippen LogP contribution in [-0.4, -0.2) is 42.1 Å². The molecule has 1 aliphatic rings. The number of amidine groups is 1. The number of likely N-dealkylation sites (N-methyl/N-ethyl adjacent to an activating group) is 1. The molecule has 1 saturated heterocycles. The summed E-state index contributed by atoms with van der Waals surface area (Å²) in [5.41, 5.74) is 7.52. The van der Waals surface area contributed by atoms with Gasteiger partial charge in [0.15, 0.2) is 5.84 Å². The number of nitrogens with one attached hydrogen (secondary N) is 1. The van der Waals surface area contributed by atoms with E-state index in [1.54, 1.807) is 0 Å². The summed E-state index contributed by atoms with van der Waals surface area (Å²) >= 11 is 0. The molecule has 4 N–H and O–H groups in total. The molecule has 0 amide bonds. The maximum atomic E-state index is 8.78. The molecule has 19 heavy (non-hydrogen) atoms. The molecule has 0 radical (unpaired) electrons. The number of rotatable bonds is 5. The second-order valence-electron chi connectivity index (χ2n) is 5.05. The Balaban J connectivity index is 1.92. The van der Waals surface area contributed by atoms with Crippen molar-refractivity contribution in [3.63, 3.8) is 0 Å². The predicted molar refractivity (Wildman–Crippen MR) is 76.3 cm³/mol. The summed E-state index contributed by atoms with van der Waals surface area (Å²) in [6, 6.07) is 8.34. The van der Waals surface area contributed by atoms with Gasteiger partial charge >= 0.3 is 0 Å². The van der Waals surface area contributed by atoms with E-state index < -0.39 is 0 Å². The van der Waals surface area contributed by atoms with E-state index in [4.69, 9.17) is 10.9 Å². The van der Waals surface area contributed by atoms with Crippen LogP contribution in [0.3, 0.4) is 0 Å². The molecule has 1 aliphatic heterocycles. The third-order valence-electron chi connectivity index (χ3n) is 3.77. The normalized spacial score (nSPS) is 20.9. The third kappa shape index (κ3) is 3.45. The van der Waals surface area contributed by atoms with E-state index in [-0.39, 0.29) is 5.84 Å². The topological polar surface area (TPSA) is 73.9 Å². The van der Waals surface area contributed by atoms with Crippen molar-refractivity contribution in [3.8, 4) is 0 Å². The van der Waals surface area contributed by atoms with E-state index in [0.29, 0.717) is 6.04 Å². The molecule has 1 aromatic rings. The molecule has 1 heterocycles. The quantitative estimate of drug-likeness (QED) is 0.320. The van der Waals surface area contributed by atoms with Crippen LogP contribution in [0.1, 0.15) is 24.0 Å². The summed E-state index contributed by atoms with van der Waals surface area (Å²) in [6.45, 7) is 2.89. The van der Waals surface area contributed by atoms with Gasteiger partial charge < -0.3 is 21.2 Å². The second-order valence-corrected chi connectivity index (χ2v) is 5.05. The van der Waals surface area contributed by atoms with Crippen molar-refractivity contribution in [1.82, 2.24) is 10.2 Å². The Kier molecular flexibility index (Phi) is 4.76. The van der Waals surface area contributed by atoms with Gasteiger partial charge in [-0.2, -0.15) is 0 Å². The van der Waals surface area contributed by atoms with Crippen LogP contribution in [0.15, 0.2) is 29.4 Å². The summed E-state index contributed by atoms with van der Waals surface area (Å²) in [5, 5.41) is 15.3. The molecule has 1 unspecified atom stereocenters. The Morgan fingerprint density at radius 3 is 3.00 bits per heavy atom. The number of oxime groups is 1. The van der Waals surface area contributed by atoms with Crippen molar-refractivity contribution in [1.29, 1.82) is 0 Å². The molecule has 2 rings (SSSR count). The monoisotopic (exact) mass is 262 g/mol. The largest absolute Gasteiger partial charge is 0.409 e. The maximum absolute atomic E-state index is 8.78. The van der Waals surface area contributed by atoms with Crippen molar-refractivity contribution >= 4 is 5.84 Å². The zero-order chi connectivity index (χ0) is 13.7. The fraction of sp³-hybridized carbons (Fsp3) is 0.500. The van der Waals surface area contributed by atoms with Crippen molar-refractivity contribution < 1.29 is 5.21 Å². The number of benzene rings is 1. The van der Waals surface area contributed by atoms with Crippen molar-refractivity contribution in [3.05, 3.63) is 35.4 Å². The van der Waals surface area contributed by atoms with Crippen LogP contribution < -0.4 is 11.1 Å². The highest BCUT2D eigenvalue weighted by molar-refractivity contribution is 5.98. The highest BCUT2D eigenvalue weighted by Crippen LogP contribution is 2.14. The lowest BCUT2D eigenvalue weighted by atomic mass is 10.1. The second kappa shape index (κ2) is 6.54. The van der Waals surface area contributed by atoms with Gasteiger partial charge in [0.1, 0.15) is 0 Å². The lowest BCUT2D eigenvalue weighted by Gasteiger charge is -2.20. The average molecular weight is 262 g/mol. The zero-order valence-corrected chi connectivity index (χ0v) is 11.3. The summed E-state index contributed by atoms with van der Waals surface area (Å²) < 4.78 is 0. The first kappa shape index (κ1) is 13.8. The van der Waals surface area contributed by atoms with E-state index in [9.17, 15) is 0 Å². The van der Waals surface area contributed by atoms with Crippen LogP contribution in [-0.2, 0) is 6.54 Å². The molecule has 1 aromatic carbocycles. The van der Waals surface area contributed by atoms with Crippen molar-refractivity contribution in [2.24, 2.45) is 10.9 Å². The van der Waals surface area contributed by atoms with Crippen LogP contribution in [0.2, 0.25) is 0 Å². The predicted octanol–water partition coefficient (Wildman–Crippen LogP) is 0.965. The zero-order valence-electron chi connectivity index (χ0n) is 11.3. The van der Waals surface area contributed by atoms with Crippen LogP contribution >= 0.6 is 0 Å². The summed E-state index contributed by atoms with van der Waals surface area (Å²) in [6.07, 6.45) is 2.54. The van der Waals surface area contributed by atoms with Gasteiger partial charge in [-0.25, -0.2) is 0 Å². The number of likely N-dealkylation sites (tertiary alicyclic amines) is 1. The minimum absolute atomic E-state index is 0.162. The highest BCUT2D eigenvalue weighted by atomic mass is 16.4. The summed E-state index contributed by atoms with van der Waals surface area (Å²) in [4.78, 5) is 2.39. The standard InChI is InChI=1S/C14H22N4O/c1-18-8-4-6-12(18)10-16-9-11-5-2-3-7-13(11)14(15)17-19/h2-3,5,7,12,16,19H,4,6,8-10H2,1H3,(H2,15,17). The molecule has 1 fully saturated rings. The molecule has 0 saturated carbocycles. The maximum Gasteiger partial charge on any atom is 0.170 e. The Hall–Kier alpha value is -1.59. The SMILES string of the molecule is CN1CCCC1CNCc1ccccc1/C(N)=N/O. The van der Waals surface area contributed by atoms with Crippen molar-refractivity contribution in [2.75, 3.05) is 20.1 Å². The lowest BCUT2D eigenvalue weighted by Crippen LogP contribution is -2.35. The Bertz CT molecular complexity index is 447. The Morgan fingerprint density at radius 1 is 1.53 bits per heavy atom. The van der Waals surface area contributed by atoms with Crippen LogP contribution in [0.5, 0.6) is 0 Å². The van der Waals surface area contributed by atoms with Gasteiger partial charge in [0.25, 0.3) is 0 Å². The minimum atomic E-state index is 0.162. The van der Waals surface area contributed by atoms with Crippen LogP contribution in [0.4, 0.5) is 0 Å². The Morgan fingerprint density at radius 2 is 2.32 bits per heavy atom.